The van der Waals surface area contributed by atoms with Crippen molar-refractivity contribution in [3.8, 4) is 11.5 Å². The standard InChI is InChI=1S/C17H22N6O2/c1-4-23-11-20-15-16(18-10-19-17(15)23)22-21-8-7-12-5-6-13(24-2)14(9-12)25-3/h5-6,9-11,21H,4,7-8H2,1-3H3,(H,18,19,22). The topological polar surface area (TPSA) is 86.1 Å². The number of aryl methyl sites for hydroxylation is 1. The monoisotopic (exact) mass is 342 g/mol. The molecule has 3 rings (SSSR count). The van der Waals surface area contributed by atoms with Gasteiger partial charge >= 0.3 is 0 Å². The van der Waals surface area contributed by atoms with Crippen molar-refractivity contribution in [3.05, 3.63) is 36.4 Å². The maximum absolute atomic E-state index is 5.33. The molecule has 2 heterocycles. The zero-order valence-corrected chi connectivity index (χ0v) is 14.6. The van der Waals surface area contributed by atoms with Crippen LogP contribution in [0.15, 0.2) is 30.9 Å². The Bertz CT molecular complexity index is 848. The summed E-state index contributed by atoms with van der Waals surface area (Å²) >= 11 is 0. The average Bonchev–Trinajstić information content (AvgIpc) is 3.09. The number of nitrogens with one attached hydrogen (secondary N) is 2. The van der Waals surface area contributed by atoms with E-state index in [-0.39, 0.29) is 0 Å². The summed E-state index contributed by atoms with van der Waals surface area (Å²) in [7, 11) is 3.27. The molecule has 2 aromatic heterocycles. The minimum atomic E-state index is 0.671. The van der Waals surface area contributed by atoms with Crippen LogP contribution in [0.3, 0.4) is 0 Å². The number of methoxy groups -OCH3 is 2. The van der Waals surface area contributed by atoms with Gasteiger partial charge in [-0.05, 0) is 31.0 Å². The molecule has 25 heavy (non-hydrogen) atoms. The SMILES string of the molecule is CCn1cnc2c(NNCCc3ccc(OC)c(OC)c3)ncnc21. The fourth-order valence-electron chi connectivity index (χ4n) is 2.59. The molecule has 2 N–H and O–H groups in total. The lowest BCUT2D eigenvalue weighted by molar-refractivity contribution is 0.354. The van der Waals surface area contributed by atoms with Gasteiger partial charge in [0.2, 0.25) is 0 Å². The molecular formula is C17H22N6O2. The first-order valence-corrected chi connectivity index (χ1v) is 8.12. The van der Waals surface area contributed by atoms with Gasteiger partial charge in [0.05, 0.1) is 20.5 Å². The zero-order valence-electron chi connectivity index (χ0n) is 14.6. The molecular weight excluding hydrogens is 320 g/mol. The van der Waals surface area contributed by atoms with Gasteiger partial charge in [0.15, 0.2) is 28.5 Å². The Morgan fingerprint density at radius 3 is 2.68 bits per heavy atom. The second-order valence-corrected chi connectivity index (χ2v) is 5.42. The van der Waals surface area contributed by atoms with E-state index < -0.39 is 0 Å². The lowest BCUT2D eigenvalue weighted by Crippen LogP contribution is -2.25. The van der Waals surface area contributed by atoms with Crippen LogP contribution in [-0.2, 0) is 13.0 Å². The van der Waals surface area contributed by atoms with Gasteiger partial charge in [0.25, 0.3) is 0 Å². The Balaban J connectivity index is 1.60. The van der Waals surface area contributed by atoms with E-state index >= 15 is 0 Å². The molecule has 0 amide bonds. The van der Waals surface area contributed by atoms with E-state index in [2.05, 4.69) is 32.7 Å². The molecule has 0 aliphatic heterocycles. The highest BCUT2D eigenvalue weighted by Gasteiger charge is 2.09. The minimum absolute atomic E-state index is 0.671. The van der Waals surface area contributed by atoms with Gasteiger partial charge in [-0.15, -0.1) is 0 Å². The summed E-state index contributed by atoms with van der Waals surface area (Å²) in [6.45, 7) is 3.59. The van der Waals surface area contributed by atoms with E-state index in [1.165, 1.54) is 6.33 Å². The molecule has 0 fully saturated rings. The van der Waals surface area contributed by atoms with Crippen molar-refractivity contribution >= 4 is 17.0 Å². The Kier molecular flexibility index (Phi) is 5.30. The summed E-state index contributed by atoms with van der Waals surface area (Å²) in [5.41, 5.74) is 9.01. The number of benzene rings is 1. The van der Waals surface area contributed by atoms with Crippen molar-refractivity contribution in [1.82, 2.24) is 24.9 Å². The third kappa shape index (κ3) is 3.63. The number of imidazole rings is 1. The van der Waals surface area contributed by atoms with E-state index in [1.807, 2.05) is 22.8 Å². The van der Waals surface area contributed by atoms with Crippen molar-refractivity contribution < 1.29 is 9.47 Å². The maximum atomic E-state index is 5.33. The van der Waals surface area contributed by atoms with Crippen molar-refractivity contribution in [3.63, 3.8) is 0 Å². The van der Waals surface area contributed by atoms with E-state index in [1.54, 1.807) is 20.5 Å². The average molecular weight is 342 g/mol. The highest BCUT2D eigenvalue weighted by molar-refractivity contribution is 5.82. The van der Waals surface area contributed by atoms with E-state index in [9.17, 15) is 0 Å². The van der Waals surface area contributed by atoms with Gasteiger partial charge in [-0.25, -0.2) is 20.4 Å². The quantitative estimate of drug-likeness (QED) is 0.478. The summed E-state index contributed by atoms with van der Waals surface area (Å²) in [6, 6.07) is 5.91. The summed E-state index contributed by atoms with van der Waals surface area (Å²) in [6.07, 6.45) is 4.13. The van der Waals surface area contributed by atoms with Crippen LogP contribution in [0.2, 0.25) is 0 Å². The minimum Gasteiger partial charge on any atom is -0.493 e. The van der Waals surface area contributed by atoms with Crippen LogP contribution in [0.25, 0.3) is 11.2 Å². The van der Waals surface area contributed by atoms with Gasteiger partial charge in [0.1, 0.15) is 6.33 Å². The normalized spacial score (nSPS) is 10.8. The molecule has 0 atom stereocenters. The molecule has 1 aromatic carbocycles. The zero-order chi connectivity index (χ0) is 17.6. The number of hydrazine groups is 1. The number of aromatic nitrogens is 4. The Labute approximate surface area is 146 Å². The predicted molar refractivity (Wildman–Crippen MR) is 95.9 cm³/mol. The number of hydrogen-bond donors (Lipinski definition) is 2. The number of ether oxygens (including phenoxy) is 2. The smallest absolute Gasteiger partial charge is 0.171 e. The summed E-state index contributed by atoms with van der Waals surface area (Å²) in [5, 5.41) is 0. The van der Waals surface area contributed by atoms with E-state index in [0.717, 1.165) is 47.7 Å². The van der Waals surface area contributed by atoms with Crippen molar-refractivity contribution in [2.45, 2.75) is 19.9 Å². The lowest BCUT2D eigenvalue weighted by Gasteiger charge is -2.11. The van der Waals surface area contributed by atoms with Gasteiger partial charge in [-0.1, -0.05) is 6.07 Å². The molecule has 0 saturated carbocycles. The van der Waals surface area contributed by atoms with Crippen LogP contribution in [0, 0.1) is 0 Å². The van der Waals surface area contributed by atoms with Crippen molar-refractivity contribution in [2.75, 3.05) is 26.2 Å². The Morgan fingerprint density at radius 2 is 1.92 bits per heavy atom. The molecule has 132 valence electrons. The molecule has 0 unspecified atom stereocenters. The molecule has 0 aliphatic carbocycles. The number of fused-ring (bicyclic) bond motifs is 1. The molecule has 0 radical (unpaired) electrons. The Hall–Kier alpha value is -2.87. The molecule has 0 spiro atoms. The van der Waals surface area contributed by atoms with Crippen molar-refractivity contribution in [2.24, 2.45) is 0 Å². The molecule has 8 nitrogen and oxygen atoms in total. The fourth-order valence-corrected chi connectivity index (χ4v) is 2.59. The fraction of sp³-hybridized carbons (Fsp3) is 0.353. The molecule has 0 saturated heterocycles. The molecule has 0 bridgehead atoms. The number of rotatable bonds is 8. The van der Waals surface area contributed by atoms with Crippen LogP contribution in [-0.4, -0.2) is 40.3 Å². The van der Waals surface area contributed by atoms with Gasteiger partial charge in [0, 0.05) is 13.1 Å². The largest absolute Gasteiger partial charge is 0.493 e. The predicted octanol–water partition coefficient (Wildman–Crippen LogP) is 2.02. The van der Waals surface area contributed by atoms with Crippen LogP contribution >= 0.6 is 0 Å². The van der Waals surface area contributed by atoms with Crippen LogP contribution in [0.5, 0.6) is 11.5 Å². The highest BCUT2D eigenvalue weighted by Crippen LogP contribution is 2.27. The summed E-state index contributed by atoms with van der Waals surface area (Å²) in [5.74, 6) is 2.13. The number of anilines is 1. The maximum Gasteiger partial charge on any atom is 0.171 e. The summed E-state index contributed by atoms with van der Waals surface area (Å²) in [4.78, 5) is 12.9. The highest BCUT2D eigenvalue weighted by atomic mass is 16.5. The second-order valence-electron chi connectivity index (χ2n) is 5.42. The van der Waals surface area contributed by atoms with E-state index in [0.29, 0.717) is 5.82 Å². The molecule has 8 heteroatoms. The number of hydrogen-bond acceptors (Lipinski definition) is 7. The van der Waals surface area contributed by atoms with Crippen LogP contribution in [0.1, 0.15) is 12.5 Å². The first-order valence-electron chi connectivity index (χ1n) is 8.12. The molecule has 0 aliphatic rings. The third-order valence-corrected chi connectivity index (χ3v) is 3.94. The van der Waals surface area contributed by atoms with E-state index in [4.69, 9.17) is 9.47 Å². The van der Waals surface area contributed by atoms with Gasteiger partial charge < -0.3 is 19.5 Å². The first kappa shape index (κ1) is 17.0. The lowest BCUT2D eigenvalue weighted by atomic mass is 10.1. The number of nitrogens with zero attached hydrogens (tertiary/aromatic N) is 4. The van der Waals surface area contributed by atoms with Crippen molar-refractivity contribution in [1.29, 1.82) is 0 Å². The first-order chi connectivity index (χ1) is 12.3. The molecule has 3 aromatic rings. The van der Waals surface area contributed by atoms with Gasteiger partial charge in [-0.3, -0.25) is 0 Å². The van der Waals surface area contributed by atoms with Gasteiger partial charge in [-0.2, -0.15) is 0 Å². The summed E-state index contributed by atoms with van der Waals surface area (Å²) < 4.78 is 12.6. The Morgan fingerprint density at radius 1 is 1.08 bits per heavy atom. The third-order valence-electron chi connectivity index (χ3n) is 3.94. The van der Waals surface area contributed by atoms with Crippen LogP contribution < -0.4 is 20.3 Å². The van der Waals surface area contributed by atoms with Crippen LogP contribution in [0.4, 0.5) is 5.82 Å². The second kappa shape index (κ2) is 7.80.